The fourth-order valence-electron chi connectivity index (χ4n) is 1.65. The van der Waals surface area contributed by atoms with Gasteiger partial charge in [0.05, 0.1) is 0 Å². The molecule has 2 rings (SSSR count). The largest absolute Gasteiger partial charge is 0.481 e. The predicted molar refractivity (Wildman–Crippen MR) is 60.9 cm³/mol. The van der Waals surface area contributed by atoms with Gasteiger partial charge >= 0.3 is 11.7 Å². The second-order valence-electron chi connectivity index (χ2n) is 3.79. The van der Waals surface area contributed by atoms with Crippen LogP contribution in [-0.2, 0) is 11.3 Å². The Morgan fingerprint density at radius 1 is 1.35 bits per heavy atom. The Kier molecular flexibility index (Phi) is 3.22. The first-order chi connectivity index (χ1) is 8.18. The third-order valence-corrected chi connectivity index (χ3v) is 2.50. The molecule has 0 bridgehead atoms. The molecule has 0 saturated carbocycles. The van der Waals surface area contributed by atoms with E-state index in [0.29, 0.717) is 25.0 Å². The molecule has 6 nitrogen and oxygen atoms in total. The molecule has 0 aliphatic heterocycles. The summed E-state index contributed by atoms with van der Waals surface area (Å²) in [6.45, 7) is 0.452. The van der Waals surface area contributed by atoms with Gasteiger partial charge in [0, 0.05) is 19.2 Å². The van der Waals surface area contributed by atoms with E-state index in [2.05, 4.69) is 5.10 Å². The Hall–Kier alpha value is -2.11. The Bertz CT molecular complexity index is 585. The average molecular weight is 235 g/mol. The van der Waals surface area contributed by atoms with Crippen LogP contribution in [0, 0.1) is 0 Å². The topological polar surface area (TPSA) is 76.6 Å². The van der Waals surface area contributed by atoms with Gasteiger partial charge in [-0.25, -0.2) is 9.48 Å². The van der Waals surface area contributed by atoms with Gasteiger partial charge in [0.2, 0.25) is 0 Å². The molecule has 2 aromatic heterocycles. The number of carboxylic acids is 1. The number of nitrogens with zero attached hydrogens (tertiary/aromatic N) is 3. The summed E-state index contributed by atoms with van der Waals surface area (Å²) in [4.78, 5) is 22.1. The molecule has 0 aliphatic rings. The van der Waals surface area contributed by atoms with Gasteiger partial charge in [-0.3, -0.25) is 9.20 Å². The summed E-state index contributed by atoms with van der Waals surface area (Å²) in [7, 11) is 0. The van der Waals surface area contributed by atoms with E-state index in [1.807, 2.05) is 6.07 Å². The first kappa shape index (κ1) is 11.4. The van der Waals surface area contributed by atoms with Crippen molar-refractivity contribution < 1.29 is 9.90 Å². The maximum atomic E-state index is 11.8. The molecular formula is C11H13N3O3. The normalized spacial score (nSPS) is 10.8. The lowest BCUT2D eigenvalue weighted by Gasteiger charge is -1.97. The molecule has 17 heavy (non-hydrogen) atoms. The van der Waals surface area contributed by atoms with Crippen molar-refractivity contribution in [1.82, 2.24) is 14.2 Å². The van der Waals surface area contributed by atoms with E-state index in [4.69, 9.17) is 5.11 Å². The summed E-state index contributed by atoms with van der Waals surface area (Å²) >= 11 is 0. The molecule has 2 heterocycles. The fraction of sp³-hybridized carbons (Fsp3) is 0.364. The summed E-state index contributed by atoms with van der Waals surface area (Å²) in [5.41, 5.74) is 0.423. The lowest BCUT2D eigenvalue weighted by atomic mass is 10.2. The number of aromatic nitrogens is 3. The van der Waals surface area contributed by atoms with Gasteiger partial charge in [0.15, 0.2) is 5.65 Å². The van der Waals surface area contributed by atoms with Gasteiger partial charge in [0.1, 0.15) is 0 Å². The highest BCUT2D eigenvalue weighted by atomic mass is 16.4. The number of carbonyl (C=O) groups is 1. The quantitative estimate of drug-likeness (QED) is 0.776. The minimum Gasteiger partial charge on any atom is -0.481 e. The van der Waals surface area contributed by atoms with Gasteiger partial charge in [-0.05, 0) is 25.0 Å². The standard InChI is InChI=1S/C11H13N3O3/c15-10(16)6-2-4-8-14-11(17)13-7-3-1-5-9(13)12-14/h1,3,5,7H,2,4,6,8H2,(H,15,16). The van der Waals surface area contributed by atoms with E-state index < -0.39 is 5.97 Å². The van der Waals surface area contributed by atoms with Gasteiger partial charge in [-0.15, -0.1) is 5.10 Å². The van der Waals surface area contributed by atoms with Crippen LogP contribution in [0.2, 0.25) is 0 Å². The van der Waals surface area contributed by atoms with Crippen LogP contribution in [0.5, 0.6) is 0 Å². The summed E-state index contributed by atoms with van der Waals surface area (Å²) in [6.07, 6.45) is 2.98. The van der Waals surface area contributed by atoms with E-state index in [-0.39, 0.29) is 12.1 Å². The molecule has 6 heteroatoms. The molecule has 90 valence electrons. The van der Waals surface area contributed by atoms with Crippen molar-refractivity contribution in [2.24, 2.45) is 0 Å². The zero-order valence-corrected chi connectivity index (χ0v) is 9.24. The number of carboxylic acid groups (broad SMARTS) is 1. The molecule has 0 atom stereocenters. The third kappa shape index (κ3) is 2.52. The van der Waals surface area contributed by atoms with E-state index in [1.54, 1.807) is 18.3 Å². The van der Waals surface area contributed by atoms with Gasteiger partial charge in [-0.2, -0.15) is 0 Å². The molecule has 0 amide bonds. The SMILES string of the molecule is O=C(O)CCCCn1nc2ccccn2c1=O. The zero-order valence-electron chi connectivity index (χ0n) is 9.24. The molecule has 0 aromatic carbocycles. The maximum absolute atomic E-state index is 11.8. The first-order valence-corrected chi connectivity index (χ1v) is 5.44. The molecule has 0 saturated heterocycles. The van der Waals surface area contributed by atoms with E-state index >= 15 is 0 Å². The summed E-state index contributed by atoms with van der Waals surface area (Å²) in [5.74, 6) is -0.813. The van der Waals surface area contributed by atoms with Crippen LogP contribution in [0.25, 0.3) is 5.65 Å². The van der Waals surface area contributed by atoms with Crippen LogP contribution in [0.1, 0.15) is 19.3 Å². The van der Waals surface area contributed by atoms with Crippen LogP contribution in [-0.4, -0.2) is 25.3 Å². The van der Waals surface area contributed by atoms with Crippen LogP contribution in [0.3, 0.4) is 0 Å². The highest BCUT2D eigenvalue weighted by Crippen LogP contribution is 1.99. The molecule has 0 aliphatic carbocycles. The molecule has 0 spiro atoms. The minimum absolute atomic E-state index is 0.127. The summed E-state index contributed by atoms with van der Waals surface area (Å²) in [5, 5.41) is 12.6. The average Bonchev–Trinajstić information content (AvgIpc) is 2.63. The number of aliphatic carboxylic acids is 1. The van der Waals surface area contributed by atoms with Crippen molar-refractivity contribution in [3.8, 4) is 0 Å². The number of fused-ring (bicyclic) bond motifs is 1. The maximum Gasteiger partial charge on any atom is 0.350 e. The molecule has 0 fully saturated rings. The lowest BCUT2D eigenvalue weighted by molar-refractivity contribution is -0.137. The Morgan fingerprint density at radius 3 is 2.88 bits per heavy atom. The number of pyridine rings is 1. The molecule has 0 unspecified atom stereocenters. The van der Waals surface area contributed by atoms with E-state index in [9.17, 15) is 9.59 Å². The molecule has 0 radical (unpaired) electrons. The Labute approximate surface area is 97.1 Å². The minimum atomic E-state index is -0.813. The van der Waals surface area contributed by atoms with E-state index in [0.717, 1.165) is 0 Å². The molecule has 1 N–H and O–H groups in total. The number of aryl methyl sites for hydroxylation is 1. The van der Waals surface area contributed by atoms with Crippen LogP contribution in [0.15, 0.2) is 29.2 Å². The summed E-state index contributed by atoms with van der Waals surface area (Å²) in [6, 6.07) is 5.34. The molecule has 2 aromatic rings. The number of rotatable bonds is 5. The second kappa shape index (κ2) is 4.82. The smallest absolute Gasteiger partial charge is 0.350 e. The number of hydrogen-bond acceptors (Lipinski definition) is 3. The summed E-state index contributed by atoms with van der Waals surface area (Å²) < 4.78 is 2.84. The van der Waals surface area contributed by atoms with Crippen LogP contribution < -0.4 is 5.69 Å². The second-order valence-corrected chi connectivity index (χ2v) is 3.79. The third-order valence-electron chi connectivity index (χ3n) is 2.50. The number of hydrogen-bond donors (Lipinski definition) is 1. The Morgan fingerprint density at radius 2 is 2.18 bits per heavy atom. The highest BCUT2D eigenvalue weighted by Gasteiger charge is 2.05. The van der Waals surface area contributed by atoms with Crippen molar-refractivity contribution in [3.63, 3.8) is 0 Å². The highest BCUT2D eigenvalue weighted by molar-refractivity contribution is 5.66. The van der Waals surface area contributed by atoms with Gasteiger partial charge in [0.25, 0.3) is 0 Å². The predicted octanol–water partition coefficient (Wildman–Crippen LogP) is 0.751. The number of unbranched alkanes of at least 4 members (excludes halogenated alkanes) is 1. The first-order valence-electron chi connectivity index (χ1n) is 5.44. The Balaban J connectivity index is 2.06. The van der Waals surface area contributed by atoms with Crippen molar-refractivity contribution >= 4 is 11.6 Å². The lowest BCUT2D eigenvalue weighted by Crippen LogP contribution is -2.21. The van der Waals surface area contributed by atoms with Crippen molar-refractivity contribution in [1.29, 1.82) is 0 Å². The fourth-order valence-corrected chi connectivity index (χ4v) is 1.65. The molecular weight excluding hydrogens is 222 g/mol. The zero-order chi connectivity index (χ0) is 12.3. The van der Waals surface area contributed by atoms with Crippen LogP contribution in [0.4, 0.5) is 0 Å². The van der Waals surface area contributed by atoms with Crippen molar-refractivity contribution in [2.75, 3.05) is 0 Å². The van der Waals surface area contributed by atoms with E-state index in [1.165, 1.54) is 9.08 Å². The van der Waals surface area contributed by atoms with Gasteiger partial charge in [-0.1, -0.05) is 6.07 Å². The van der Waals surface area contributed by atoms with Crippen molar-refractivity contribution in [3.05, 3.63) is 34.9 Å². The monoisotopic (exact) mass is 235 g/mol. The van der Waals surface area contributed by atoms with Crippen molar-refractivity contribution in [2.45, 2.75) is 25.8 Å². The van der Waals surface area contributed by atoms with Gasteiger partial charge < -0.3 is 5.11 Å². The van der Waals surface area contributed by atoms with Crippen LogP contribution >= 0.6 is 0 Å².